The van der Waals surface area contributed by atoms with Crippen LogP contribution in [0.4, 0.5) is 35.9 Å². The number of benzene rings is 10. The second-order valence-corrected chi connectivity index (χ2v) is 19.5. The number of halogens is 3. The van der Waals surface area contributed by atoms with E-state index in [0.717, 1.165) is 6.07 Å². The summed E-state index contributed by atoms with van der Waals surface area (Å²) in [4.78, 5) is 14.7. The van der Waals surface area contributed by atoms with Crippen molar-refractivity contribution >= 4 is 66.4 Å². The normalized spacial score (nSPS) is 10.9. The smallest absolute Gasteiger partial charge is 0.307 e. The van der Waals surface area contributed by atoms with Crippen molar-refractivity contribution in [2.45, 2.75) is 6.18 Å². The number of rotatable bonds is 7. The molecule has 0 unspecified atom stereocenters. The lowest BCUT2D eigenvalue weighted by atomic mass is 9.94. The minimum absolute atomic E-state index is 0.0599. The lowest BCUT2D eigenvalue weighted by molar-refractivity contribution is -0.137. The second kappa shape index (κ2) is 20.3. The predicted octanol–water partition coefficient (Wildman–Crippen LogP) is 18.8. The fraction of sp³-hybridized carbons (Fsp3) is 0.0143. The number of alkyl halides is 3. The molecule has 0 bridgehead atoms. The molecule has 0 aliphatic carbocycles. The molecule has 0 spiro atoms. The second-order valence-electron chi connectivity index (χ2n) is 19.5. The van der Waals surface area contributed by atoms with E-state index in [2.05, 4.69) is 49.7 Å². The lowest BCUT2D eigenvalue weighted by Crippen LogP contribution is -2.09. The number of hydrogen-bond donors (Lipinski definition) is 0. The van der Waals surface area contributed by atoms with Gasteiger partial charge in [0.1, 0.15) is 0 Å². The van der Waals surface area contributed by atoms with E-state index in [4.69, 9.17) is 26.3 Å². The van der Waals surface area contributed by atoms with E-state index in [1.807, 2.05) is 81.9 Å². The Hall–Kier alpha value is -13.0. The molecule has 0 radical (unpaired) electrons. The molecular weight excluding hydrogens is 1050 g/mol. The molecule has 0 amide bonds. The molecule has 0 saturated carbocycles. The Labute approximate surface area is 477 Å². The van der Waals surface area contributed by atoms with Crippen LogP contribution in [-0.2, 0) is 6.18 Å². The zero-order chi connectivity index (χ0) is 58.6. The summed E-state index contributed by atoms with van der Waals surface area (Å²) in [5.41, 5.74) is 7.30. The van der Waals surface area contributed by atoms with Crippen molar-refractivity contribution in [2.75, 3.05) is 0 Å². The van der Waals surface area contributed by atoms with E-state index in [1.165, 1.54) is 42.5 Å². The molecule has 12 aromatic rings. The molecule has 0 aliphatic rings. The van der Waals surface area contributed by atoms with Crippen LogP contribution in [0.5, 0.6) is 0 Å². The molecule has 11 nitrogen and oxygen atoms in total. The zero-order valence-electron chi connectivity index (χ0n) is 43.4. The minimum Gasteiger partial charge on any atom is -0.307 e. The first-order chi connectivity index (χ1) is 40.8. The molecule has 84 heavy (non-hydrogen) atoms. The van der Waals surface area contributed by atoms with Crippen molar-refractivity contribution in [1.82, 2.24) is 9.13 Å². The van der Waals surface area contributed by atoms with E-state index in [-0.39, 0.29) is 73.1 Å². The van der Waals surface area contributed by atoms with Crippen LogP contribution in [0, 0.1) is 82.9 Å². The molecule has 0 atom stereocenters. The minimum atomic E-state index is -4.87. The molecule has 2 heterocycles. The average molecular weight is 1080 g/mol. The highest BCUT2D eigenvalue weighted by Crippen LogP contribution is 2.47. The third kappa shape index (κ3) is 8.48. The molecular formula is C70H30F3N11. The highest BCUT2D eigenvalue weighted by molar-refractivity contribution is 6.14. The van der Waals surface area contributed by atoms with Crippen LogP contribution in [0.15, 0.2) is 182 Å². The maximum absolute atomic E-state index is 15.4. The third-order valence-electron chi connectivity index (χ3n) is 15.0. The van der Waals surface area contributed by atoms with Gasteiger partial charge in [-0.1, -0.05) is 103 Å². The number of nitriles is 5. The van der Waals surface area contributed by atoms with E-state index in [0.29, 0.717) is 88.1 Å². The van der Waals surface area contributed by atoms with Crippen LogP contribution in [-0.4, -0.2) is 9.13 Å². The highest BCUT2D eigenvalue weighted by Gasteiger charge is 2.35. The average Bonchev–Trinajstić information content (AvgIpc) is 2.68. The monoisotopic (exact) mass is 1080 g/mol. The highest BCUT2D eigenvalue weighted by atomic mass is 19.4. The molecule has 0 fully saturated rings. The fourth-order valence-electron chi connectivity index (χ4n) is 11.2. The Balaban J connectivity index is 1.29. The van der Waals surface area contributed by atoms with Crippen molar-refractivity contribution < 1.29 is 13.2 Å². The maximum Gasteiger partial charge on any atom is 0.417 e. The van der Waals surface area contributed by atoms with Crippen LogP contribution in [0.1, 0.15) is 33.4 Å². The van der Waals surface area contributed by atoms with E-state index in [1.54, 1.807) is 60.7 Å². The van der Waals surface area contributed by atoms with Crippen LogP contribution < -0.4 is 0 Å². The Morgan fingerprint density at radius 2 is 0.726 bits per heavy atom. The summed E-state index contributed by atoms with van der Waals surface area (Å²) < 4.78 is 49.8. The van der Waals surface area contributed by atoms with Crippen molar-refractivity contribution in [3.63, 3.8) is 0 Å². The third-order valence-corrected chi connectivity index (χ3v) is 15.0. The Morgan fingerprint density at radius 1 is 0.345 bits per heavy atom. The van der Waals surface area contributed by atoms with Gasteiger partial charge in [0.05, 0.1) is 101 Å². The van der Waals surface area contributed by atoms with Crippen molar-refractivity contribution in [3.8, 4) is 97.4 Å². The van der Waals surface area contributed by atoms with Gasteiger partial charge < -0.3 is 9.13 Å². The molecule has 0 N–H and O–H groups in total. The number of nitrogens with zero attached hydrogens (tertiary/aromatic N) is 11. The van der Waals surface area contributed by atoms with Crippen molar-refractivity contribution in [1.29, 1.82) is 26.3 Å². The SMILES string of the molecule is [C-]#[N+]c1ccc(-c2ccc3c4ccc(-c5ccc(C#N)cc5[N+]#[C-])cc4n(-c4cc(C#N)c(-c5ccccc5C(F)(F)F)cc4-n4c5cc(-c6ccc([N+]#[C-])cc6C#N)ccc5c5ccc(-c6ccc(C#N)cc6[N+]#[C-])cc54)c3c2)c(C#N)c1. The van der Waals surface area contributed by atoms with Gasteiger partial charge >= 0.3 is 6.18 Å². The van der Waals surface area contributed by atoms with Gasteiger partial charge in [0.25, 0.3) is 0 Å². The summed E-state index contributed by atoms with van der Waals surface area (Å²) in [6.45, 7) is 31.7. The van der Waals surface area contributed by atoms with Gasteiger partial charge in [-0.25, -0.2) is 19.4 Å². The van der Waals surface area contributed by atoms with Crippen LogP contribution in [0.2, 0.25) is 0 Å². The Kier molecular flexibility index (Phi) is 12.5. The summed E-state index contributed by atoms with van der Waals surface area (Å²) in [6.07, 6.45) is -4.87. The first kappa shape index (κ1) is 51.7. The summed E-state index contributed by atoms with van der Waals surface area (Å²) in [7, 11) is 0. The predicted molar refractivity (Wildman–Crippen MR) is 316 cm³/mol. The van der Waals surface area contributed by atoms with E-state index < -0.39 is 11.7 Å². The molecule has 0 aliphatic heterocycles. The van der Waals surface area contributed by atoms with Gasteiger partial charge in [0.15, 0.2) is 22.7 Å². The van der Waals surface area contributed by atoms with Gasteiger partial charge in [-0.2, -0.15) is 39.5 Å². The fourth-order valence-corrected chi connectivity index (χ4v) is 11.2. The molecule has 14 heteroatoms. The summed E-state index contributed by atoms with van der Waals surface area (Å²) in [6, 6.07) is 60.5. The van der Waals surface area contributed by atoms with Crippen molar-refractivity contribution in [3.05, 3.63) is 261 Å². The zero-order valence-corrected chi connectivity index (χ0v) is 43.4. The maximum atomic E-state index is 15.4. The molecule has 2 aromatic heterocycles. The topological polar surface area (TPSA) is 146 Å². The van der Waals surface area contributed by atoms with Gasteiger partial charge in [0.2, 0.25) is 0 Å². The van der Waals surface area contributed by atoms with Crippen LogP contribution >= 0.6 is 0 Å². The Bertz CT molecular complexity index is 5060. The number of aromatic nitrogens is 2. The van der Waals surface area contributed by atoms with Gasteiger partial charge in [-0.15, -0.1) is 0 Å². The lowest BCUT2D eigenvalue weighted by Gasteiger charge is -2.21. The molecule has 386 valence electrons. The first-order valence-corrected chi connectivity index (χ1v) is 25.5. The Morgan fingerprint density at radius 3 is 1.11 bits per heavy atom. The van der Waals surface area contributed by atoms with Crippen molar-refractivity contribution in [2.24, 2.45) is 0 Å². The largest absolute Gasteiger partial charge is 0.417 e. The summed E-state index contributed by atoms with van der Waals surface area (Å²) >= 11 is 0. The van der Waals surface area contributed by atoms with Gasteiger partial charge in [0, 0.05) is 49.4 Å². The number of fused-ring (bicyclic) bond motifs is 6. The van der Waals surface area contributed by atoms with Crippen LogP contribution in [0.25, 0.3) is 130 Å². The quantitative estimate of drug-likeness (QED) is 0.146. The van der Waals surface area contributed by atoms with Gasteiger partial charge in [-0.3, -0.25) is 0 Å². The first-order valence-electron chi connectivity index (χ1n) is 25.5. The number of hydrogen-bond acceptors (Lipinski definition) is 5. The van der Waals surface area contributed by atoms with Gasteiger partial charge in [-0.05, 0) is 129 Å². The van der Waals surface area contributed by atoms with Crippen LogP contribution in [0.3, 0.4) is 0 Å². The standard InChI is InChI=1S/C70H30F3N11/c1-79-49-15-23-51(46(27-49)37-76)42-11-19-56-58-21-13-44(53-17-9-40(35-74)25-62(53)81-3)31-66(58)83(64(56)29-42)68-33-48(39-78)60(55-7-5-6-8-61(55)70(71,72)73)34-69(68)84-65-30-43(52-24-16-50(80-2)28-47(52)38-77)12-20-57(65)59-22-14-45(32-67(59)84)54-18-10-41(36-75)26-63(54)82-4/h5-34H. The molecule has 12 rings (SSSR count). The summed E-state index contributed by atoms with van der Waals surface area (Å²) in [5, 5.41) is 54.6. The van der Waals surface area contributed by atoms with E-state index >= 15 is 13.2 Å². The molecule has 0 saturated heterocycles. The summed E-state index contributed by atoms with van der Waals surface area (Å²) in [5.74, 6) is 0. The molecule has 10 aromatic carbocycles. The van der Waals surface area contributed by atoms with E-state index in [9.17, 15) is 26.3 Å².